The number of aldehydes is 1. The van der Waals surface area contributed by atoms with Crippen molar-refractivity contribution < 1.29 is 9.53 Å². The van der Waals surface area contributed by atoms with Gasteiger partial charge in [0.1, 0.15) is 12.0 Å². The van der Waals surface area contributed by atoms with E-state index in [1.807, 2.05) is 37.3 Å². The molecule has 19 heavy (non-hydrogen) atoms. The van der Waals surface area contributed by atoms with Crippen LogP contribution in [-0.4, -0.2) is 13.4 Å². The Morgan fingerprint density at radius 3 is 2.47 bits per heavy atom. The summed E-state index contributed by atoms with van der Waals surface area (Å²) < 4.78 is 5.47. The minimum atomic E-state index is -0.111. The van der Waals surface area contributed by atoms with Crippen molar-refractivity contribution >= 4 is 6.29 Å². The van der Waals surface area contributed by atoms with E-state index in [0.717, 1.165) is 28.7 Å². The van der Waals surface area contributed by atoms with E-state index in [1.165, 1.54) is 5.56 Å². The highest BCUT2D eigenvalue weighted by atomic mass is 16.5. The van der Waals surface area contributed by atoms with Crippen LogP contribution in [-0.2, 0) is 4.79 Å². The molecule has 0 unspecified atom stereocenters. The van der Waals surface area contributed by atoms with Crippen LogP contribution in [0.3, 0.4) is 0 Å². The van der Waals surface area contributed by atoms with Crippen LogP contribution in [0.5, 0.6) is 5.75 Å². The average molecular weight is 254 g/mol. The lowest BCUT2D eigenvalue weighted by molar-refractivity contribution is -0.108. The number of methoxy groups -OCH3 is 1. The van der Waals surface area contributed by atoms with Crippen molar-refractivity contribution in [2.24, 2.45) is 0 Å². The smallest absolute Gasteiger partial charge is 0.127 e. The monoisotopic (exact) mass is 254 g/mol. The van der Waals surface area contributed by atoms with E-state index in [1.54, 1.807) is 7.11 Å². The summed E-state index contributed by atoms with van der Waals surface area (Å²) in [5, 5.41) is 0. The highest BCUT2D eigenvalue weighted by Gasteiger charge is 2.11. The van der Waals surface area contributed by atoms with E-state index in [-0.39, 0.29) is 5.92 Å². The summed E-state index contributed by atoms with van der Waals surface area (Å²) in [5.41, 5.74) is 4.40. The summed E-state index contributed by atoms with van der Waals surface area (Å²) in [4.78, 5) is 10.9. The van der Waals surface area contributed by atoms with Gasteiger partial charge in [0.2, 0.25) is 0 Å². The van der Waals surface area contributed by atoms with Crippen LogP contribution in [0.15, 0.2) is 42.5 Å². The predicted octanol–water partition coefficient (Wildman–Crippen LogP) is 3.97. The van der Waals surface area contributed by atoms with Crippen LogP contribution >= 0.6 is 0 Å². The topological polar surface area (TPSA) is 26.3 Å². The molecule has 2 rings (SSSR count). The molecule has 0 N–H and O–H groups in total. The Hall–Kier alpha value is -2.09. The molecule has 0 fully saturated rings. The molecule has 2 aromatic carbocycles. The fourth-order valence-electron chi connectivity index (χ4n) is 2.17. The van der Waals surface area contributed by atoms with Crippen LogP contribution < -0.4 is 4.74 Å². The summed E-state index contributed by atoms with van der Waals surface area (Å²) in [7, 11) is 1.66. The largest absolute Gasteiger partial charge is 0.496 e. The third kappa shape index (κ3) is 2.68. The molecule has 0 aliphatic rings. The van der Waals surface area contributed by atoms with Gasteiger partial charge in [0.15, 0.2) is 0 Å². The number of carbonyl (C=O) groups excluding carboxylic acids is 1. The standard InChI is InChI=1S/C17H18O2/c1-12-6-4-5-7-15(12)16-9-8-14(13(2)11-18)10-17(16)19-3/h4-11,13H,1-3H3/t13-/m1/s1. The van der Waals surface area contributed by atoms with Gasteiger partial charge in [-0.2, -0.15) is 0 Å². The highest BCUT2D eigenvalue weighted by molar-refractivity contribution is 5.74. The predicted molar refractivity (Wildman–Crippen MR) is 77.6 cm³/mol. The molecule has 0 spiro atoms. The Kier molecular flexibility index (Phi) is 4.00. The van der Waals surface area contributed by atoms with Gasteiger partial charge in [0.25, 0.3) is 0 Å². The summed E-state index contributed by atoms with van der Waals surface area (Å²) >= 11 is 0. The number of aryl methyl sites for hydroxylation is 1. The Bertz CT molecular complexity index is 588. The number of benzene rings is 2. The number of ether oxygens (including phenoxy) is 1. The maximum atomic E-state index is 10.9. The SMILES string of the molecule is COc1cc([C@H](C)C=O)ccc1-c1ccccc1C. The maximum absolute atomic E-state index is 10.9. The zero-order chi connectivity index (χ0) is 13.8. The summed E-state index contributed by atoms with van der Waals surface area (Å²) in [6, 6.07) is 14.2. The van der Waals surface area contributed by atoms with Crippen LogP contribution in [0.1, 0.15) is 24.0 Å². The van der Waals surface area contributed by atoms with Gasteiger partial charge in [-0.3, -0.25) is 0 Å². The second-order valence-corrected chi connectivity index (χ2v) is 4.70. The minimum Gasteiger partial charge on any atom is -0.496 e. The molecule has 1 atom stereocenters. The zero-order valence-corrected chi connectivity index (χ0v) is 11.5. The van der Waals surface area contributed by atoms with E-state index in [9.17, 15) is 4.79 Å². The van der Waals surface area contributed by atoms with Gasteiger partial charge in [-0.15, -0.1) is 0 Å². The van der Waals surface area contributed by atoms with Gasteiger partial charge >= 0.3 is 0 Å². The quantitative estimate of drug-likeness (QED) is 0.772. The number of carbonyl (C=O) groups is 1. The maximum Gasteiger partial charge on any atom is 0.127 e. The van der Waals surface area contributed by atoms with E-state index in [4.69, 9.17) is 4.74 Å². The zero-order valence-electron chi connectivity index (χ0n) is 11.5. The van der Waals surface area contributed by atoms with Crippen molar-refractivity contribution in [3.8, 4) is 16.9 Å². The Balaban J connectivity index is 2.53. The van der Waals surface area contributed by atoms with E-state index < -0.39 is 0 Å². The Morgan fingerprint density at radius 1 is 1.11 bits per heavy atom. The molecule has 98 valence electrons. The van der Waals surface area contributed by atoms with Crippen LogP contribution in [0, 0.1) is 6.92 Å². The molecule has 0 heterocycles. The fraction of sp³-hybridized carbons (Fsp3) is 0.235. The lowest BCUT2D eigenvalue weighted by Gasteiger charge is -2.14. The molecule has 2 nitrogen and oxygen atoms in total. The normalized spacial score (nSPS) is 11.9. The van der Waals surface area contributed by atoms with Gasteiger partial charge in [-0.25, -0.2) is 0 Å². The number of hydrogen-bond acceptors (Lipinski definition) is 2. The van der Waals surface area contributed by atoms with Gasteiger partial charge in [-0.05, 0) is 29.7 Å². The first kappa shape index (κ1) is 13.3. The average Bonchev–Trinajstić information content (AvgIpc) is 2.46. The van der Waals surface area contributed by atoms with Crippen LogP contribution in [0.4, 0.5) is 0 Å². The third-order valence-electron chi connectivity index (χ3n) is 3.39. The molecule has 0 saturated carbocycles. The Morgan fingerprint density at radius 2 is 1.84 bits per heavy atom. The number of rotatable bonds is 4. The molecule has 0 aliphatic carbocycles. The van der Waals surface area contributed by atoms with Crippen molar-refractivity contribution in [3.05, 3.63) is 53.6 Å². The van der Waals surface area contributed by atoms with E-state index in [2.05, 4.69) is 19.1 Å². The van der Waals surface area contributed by atoms with Crippen molar-refractivity contribution in [1.82, 2.24) is 0 Å². The van der Waals surface area contributed by atoms with Crippen LogP contribution in [0.25, 0.3) is 11.1 Å². The summed E-state index contributed by atoms with van der Waals surface area (Å²) in [6.45, 7) is 3.96. The molecule has 2 heteroatoms. The molecule has 0 saturated heterocycles. The van der Waals surface area contributed by atoms with Crippen molar-refractivity contribution in [3.63, 3.8) is 0 Å². The van der Waals surface area contributed by atoms with Gasteiger partial charge in [0.05, 0.1) is 7.11 Å². The molecular formula is C17H18O2. The first-order valence-electron chi connectivity index (χ1n) is 6.36. The van der Waals surface area contributed by atoms with E-state index >= 15 is 0 Å². The molecular weight excluding hydrogens is 236 g/mol. The summed E-state index contributed by atoms with van der Waals surface area (Å²) in [5.74, 6) is 0.695. The molecule has 0 aliphatic heterocycles. The molecule has 0 aromatic heterocycles. The van der Waals surface area contributed by atoms with Crippen molar-refractivity contribution in [2.45, 2.75) is 19.8 Å². The van der Waals surface area contributed by atoms with Gasteiger partial charge < -0.3 is 9.53 Å². The third-order valence-corrected chi connectivity index (χ3v) is 3.39. The summed E-state index contributed by atoms with van der Waals surface area (Å²) in [6.07, 6.45) is 0.947. The lowest BCUT2D eigenvalue weighted by Crippen LogP contribution is -1.97. The minimum absolute atomic E-state index is 0.111. The van der Waals surface area contributed by atoms with Crippen molar-refractivity contribution in [1.29, 1.82) is 0 Å². The van der Waals surface area contributed by atoms with E-state index in [0.29, 0.717) is 0 Å². The lowest BCUT2D eigenvalue weighted by atomic mass is 9.95. The molecule has 2 aromatic rings. The van der Waals surface area contributed by atoms with Crippen molar-refractivity contribution in [2.75, 3.05) is 7.11 Å². The molecule has 0 bridgehead atoms. The van der Waals surface area contributed by atoms with Gasteiger partial charge in [0, 0.05) is 11.5 Å². The molecule has 0 amide bonds. The fourth-order valence-corrected chi connectivity index (χ4v) is 2.17. The molecule has 0 radical (unpaired) electrons. The van der Waals surface area contributed by atoms with Crippen LogP contribution in [0.2, 0.25) is 0 Å². The highest BCUT2D eigenvalue weighted by Crippen LogP contribution is 2.34. The first-order valence-corrected chi connectivity index (χ1v) is 6.36. The first-order chi connectivity index (χ1) is 9.17. The second kappa shape index (κ2) is 5.70. The second-order valence-electron chi connectivity index (χ2n) is 4.70. The van der Waals surface area contributed by atoms with Gasteiger partial charge in [-0.1, -0.05) is 43.3 Å². The Labute approximate surface area is 114 Å². The number of hydrogen-bond donors (Lipinski definition) is 0.